The number of ether oxygens (including phenoxy) is 2. The molecule has 0 amide bonds. The number of hydrogen-bond donors (Lipinski definition) is 0. The van der Waals surface area contributed by atoms with Gasteiger partial charge in [0, 0.05) is 12.2 Å². The summed E-state index contributed by atoms with van der Waals surface area (Å²) in [6.45, 7) is 9.15. The molecule has 0 aromatic carbocycles. The van der Waals surface area contributed by atoms with Crippen molar-refractivity contribution in [3.8, 4) is 0 Å². The Morgan fingerprint density at radius 2 is 1.62 bits per heavy atom. The maximum Gasteiger partial charge on any atom is 0.337 e. The molecule has 0 aromatic rings. The Balaban J connectivity index is 4.35. The minimum Gasteiger partial charge on any atom is -0.461 e. The lowest BCUT2D eigenvalue weighted by Crippen LogP contribution is -2.33. The van der Waals surface area contributed by atoms with Crippen molar-refractivity contribution in [1.29, 1.82) is 0 Å². The highest BCUT2D eigenvalue weighted by Crippen LogP contribution is 2.18. The van der Waals surface area contributed by atoms with Crippen LogP contribution in [0.5, 0.6) is 0 Å². The van der Waals surface area contributed by atoms with Crippen molar-refractivity contribution in [1.82, 2.24) is 0 Å². The summed E-state index contributed by atoms with van der Waals surface area (Å²) >= 11 is 0. The molecule has 0 aromatic heterocycles. The Kier molecular flexibility index (Phi) is 5.15. The van der Waals surface area contributed by atoms with Crippen LogP contribution in [0.1, 0.15) is 13.8 Å². The minimum absolute atomic E-state index is 0.193. The summed E-state index contributed by atoms with van der Waals surface area (Å²) in [4.78, 5) is 33.0. The molecule has 16 heavy (non-hydrogen) atoms. The molecule has 0 saturated carbocycles. The van der Waals surface area contributed by atoms with Crippen molar-refractivity contribution in [2.24, 2.45) is 5.41 Å². The van der Waals surface area contributed by atoms with Crippen molar-refractivity contribution in [3.05, 3.63) is 25.3 Å². The molecule has 0 aliphatic rings. The van der Waals surface area contributed by atoms with Crippen LogP contribution in [0.2, 0.25) is 0 Å². The van der Waals surface area contributed by atoms with E-state index in [0.29, 0.717) is 0 Å². The van der Waals surface area contributed by atoms with Gasteiger partial charge in [0.2, 0.25) is 0 Å². The SMILES string of the molecule is C=CC(=O)OCC(C)(C)C(=O)OC(=O)C=C. The van der Waals surface area contributed by atoms with E-state index < -0.39 is 23.3 Å². The van der Waals surface area contributed by atoms with Gasteiger partial charge < -0.3 is 9.47 Å². The standard InChI is InChI=1S/C11H14O5/c1-5-8(12)15-7-11(3,4)10(14)16-9(13)6-2/h5-6H,1-2,7H2,3-4H3. The van der Waals surface area contributed by atoms with E-state index in [1.54, 1.807) is 0 Å². The van der Waals surface area contributed by atoms with Gasteiger partial charge in [0.05, 0.1) is 5.41 Å². The first-order chi connectivity index (χ1) is 7.33. The first-order valence-electron chi connectivity index (χ1n) is 4.51. The minimum atomic E-state index is -1.10. The summed E-state index contributed by atoms with van der Waals surface area (Å²) in [5.74, 6) is -2.27. The molecule has 5 heteroatoms. The molecule has 0 atom stereocenters. The fraction of sp³-hybridized carbons (Fsp3) is 0.364. The Morgan fingerprint density at radius 3 is 2.06 bits per heavy atom. The Morgan fingerprint density at radius 1 is 1.12 bits per heavy atom. The predicted molar refractivity (Wildman–Crippen MR) is 56.2 cm³/mol. The summed E-state index contributed by atoms with van der Waals surface area (Å²) in [5, 5.41) is 0. The topological polar surface area (TPSA) is 69.7 Å². The highest BCUT2D eigenvalue weighted by molar-refractivity contribution is 5.93. The van der Waals surface area contributed by atoms with E-state index in [1.807, 2.05) is 0 Å². The van der Waals surface area contributed by atoms with Crippen LogP contribution in [0.4, 0.5) is 0 Å². The molecule has 0 saturated heterocycles. The van der Waals surface area contributed by atoms with E-state index in [9.17, 15) is 14.4 Å². The third-order valence-corrected chi connectivity index (χ3v) is 1.65. The molecule has 0 aliphatic carbocycles. The van der Waals surface area contributed by atoms with Crippen molar-refractivity contribution >= 4 is 17.9 Å². The fourth-order valence-electron chi connectivity index (χ4n) is 0.641. The van der Waals surface area contributed by atoms with Crippen LogP contribution in [0.3, 0.4) is 0 Å². The van der Waals surface area contributed by atoms with Crippen LogP contribution < -0.4 is 0 Å². The number of esters is 3. The van der Waals surface area contributed by atoms with Crippen LogP contribution in [0.25, 0.3) is 0 Å². The van der Waals surface area contributed by atoms with Gasteiger partial charge in [-0.3, -0.25) is 4.79 Å². The quantitative estimate of drug-likeness (QED) is 0.397. The van der Waals surface area contributed by atoms with E-state index in [1.165, 1.54) is 13.8 Å². The number of carbonyl (C=O) groups is 3. The average Bonchev–Trinajstić information content (AvgIpc) is 2.25. The first kappa shape index (κ1) is 14.1. The van der Waals surface area contributed by atoms with Gasteiger partial charge in [0.15, 0.2) is 0 Å². The van der Waals surface area contributed by atoms with Crippen molar-refractivity contribution in [2.75, 3.05) is 6.61 Å². The molecular formula is C11H14O5. The zero-order valence-corrected chi connectivity index (χ0v) is 9.32. The summed E-state index contributed by atoms with van der Waals surface area (Å²) < 4.78 is 9.11. The van der Waals surface area contributed by atoms with Gasteiger partial charge in [0.25, 0.3) is 0 Å². The normalized spacial score (nSPS) is 10.1. The van der Waals surface area contributed by atoms with Crippen LogP contribution in [0, 0.1) is 5.41 Å². The van der Waals surface area contributed by atoms with Crippen LogP contribution in [-0.2, 0) is 23.9 Å². The summed E-state index contributed by atoms with van der Waals surface area (Å²) in [5.41, 5.74) is -1.10. The molecule has 0 N–H and O–H groups in total. The Bertz CT molecular complexity index is 327. The maximum absolute atomic E-state index is 11.4. The lowest BCUT2D eigenvalue weighted by atomic mass is 9.95. The molecule has 88 valence electrons. The predicted octanol–water partition coefficient (Wildman–Crippen LogP) is 0.998. The van der Waals surface area contributed by atoms with E-state index in [0.717, 1.165) is 12.2 Å². The van der Waals surface area contributed by atoms with E-state index >= 15 is 0 Å². The zero-order valence-electron chi connectivity index (χ0n) is 9.32. The fourth-order valence-corrected chi connectivity index (χ4v) is 0.641. The highest BCUT2D eigenvalue weighted by Gasteiger charge is 2.32. The molecular weight excluding hydrogens is 212 g/mol. The molecule has 5 nitrogen and oxygen atoms in total. The van der Waals surface area contributed by atoms with Gasteiger partial charge in [-0.15, -0.1) is 0 Å². The molecule has 0 aliphatic heterocycles. The van der Waals surface area contributed by atoms with E-state index in [2.05, 4.69) is 17.9 Å². The smallest absolute Gasteiger partial charge is 0.337 e. The van der Waals surface area contributed by atoms with Crippen molar-refractivity contribution < 1.29 is 23.9 Å². The van der Waals surface area contributed by atoms with Gasteiger partial charge in [-0.05, 0) is 13.8 Å². The second-order valence-electron chi connectivity index (χ2n) is 3.61. The average molecular weight is 226 g/mol. The van der Waals surface area contributed by atoms with Gasteiger partial charge in [-0.25, -0.2) is 9.59 Å². The van der Waals surface area contributed by atoms with Crippen LogP contribution in [-0.4, -0.2) is 24.5 Å². The third-order valence-electron chi connectivity index (χ3n) is 1.65. The lowest BCUT2D eigenvalue weighted by Gasteiger charge is -2.20. The summed E-state index contributed by atoms with van der Waals surface area (Å²) in [7, 11) is 0. The second kappa shape index (κ2) is 5.85. The largest absolute Gasteiger partial charge is 0.461 e. The summed E-state index contributed by atoms with van der Waals surface area (Å²) in [6.07, 6.45) is 1.86. The van der Waals surface area contributed by atoms with Gasteiger partial charge in [-0.2, -0.15) is 0 Å². The van der Waals surface area contributed by atoms with Crippen molar-refractivity contribution in [2.45, 2.75) is 13.8 Å². The lowest BCUT2D eigenvalue weighted by molar-refractivity contribution is -0.166. The zero-order chi connectivity index (χ0) is 12.8. The monoisotopic (exact) mass is 226 g/mol. The number of carbonyl (C=O) groups excluding carboxylic acids is 3. The van der Waals surface area contributed by atoms with Crippen molar-refractivity contribution in [3.63, 3.8) is 0 Å². The van der Waals surface area contributed by atoms with Gasteiger partial charge >= 0.3 is 17.9 Å². The molecule has 0 bridgehead atoms. The number of hydrogen-bond acceptors (Lipinski definition) is 5. The molecule has 0 spiro atoms. The molecule has 0 fully saturated rings. The van der Waals surface area contributed by atoms with E-state index in [4.69, 9.17) is 4.74 Å². The van der Waals surface area contributed by atoms with Crippen LogP contribution >= 0.6 is 0 Å². The van der Waals surface area contributed by atoms with Crippen LogP contribution in [0.15, 0.2) is 25.3 Å². The Hall–Kier alpha value is -1.91. The van der Waals surface area contributed by atoms with E-state index in [-0.39, 0.29) is 6.61 Å². The second-order valence-corrected chi connectivity index (χ2v) is 3.61. The summed E-state index contributed by atoms with van der Waals surface area (Å²) in [6, 6.07) is 0. The number of rotatable bonds is 5. The Labute approximate surface area is 93.7 Å². The molecule has 0 unspecified atom stereocenters. The third kappa shape index (κ3) is 4.54. The molecule has 0 rings (SSSR count). The molecule has 0 radical (unpaired) electrons. The van der Waals surface area contributed by atoms with Gasteiger partial charge in [0.1, 0.15) is 6.61 Å². The van der Waals surface area contributed by atoms with Gasteiger partial charge in [-0.1, -0.05) is 13.2 Å². The molecule has 0 heterocycles. The first-order valence-corrected chi connectivity index (χ1v) is 4.51. The maximum atomic E-state index is 11.4. The highest BCUT2D eigenvalue weighted by atomic mass is 16.6.